The van der Waals surface area contributed by atoms with Crippen molar-refractivity contribution in [3.8, 4) is 5.75 Å². The number of aliphatic imine (C=N–C) groups is 1. The number of unbranched alkanes of at least 4 members (excludes halogenated alkanes) is 1. The maximum absolute atomic E-state index is 12.9. The van der Waals surface area contributed by atoms with Crippen molar-refractivity contribution in [3.63, 3.8) is 0 Å². The monoisotopic (exact) mass is 398 g/mol. The van der Waals surface area contributed by atoms with Crippen LogP contribution in [-0.2, 0) is 4.79 Å². The molecule has 0 saturated heterocycles. The first-order chi connectivity index (χ1) is 14.2. The van der Waals surface area contributed by atoms with Gasteiger partial charge in [0.1, 0.15) is 11.6 Å². The van der Waals surface area contributed by atoms with Crippen LogP contribution in [0.1, 0.15) is 30.7 Å². The molecule has 29 heavy (non-hydrogen) atoms. The number of para-hydroxylation sites is 1. The second-order valence-electron chi connectivity index (χ2n) is 6.93. The molecular formula is C22H27FN4O2. The van der Waals surface area contributed by atoms with Crippen molar-refractivity contribution in [3.05, 3.63) is 59.9 Å². The van der Waals surface area contributed by atoms with E-state index in [-0.39, 0.29) is 17.6 Å². The van der Waals surface area contributed by atoms with Crippen molar-refractivity contribution in [1.29, 1.82) is 0 Å². The van der Waals surface area contributed by atoms with Crippen molar-refractivity contribution in [1.82, 2.24) is 10.6 Å². The summed E-state index contributed by atoms with van der Waals surface area (Å²) in [5.74, 6) is 1.28. The molecule has 0 saturated carbocycles. The minimum Gasteiger partial charge on any atom is -0.494 e. The van der Waals surface area contributed by atoms with Gasteiger partial charge in [0, 0.05) is 38.2 Å². The van der Waals surface area contributed by atoms with Gasteiger partial charge in [0.05, 0.1) is 6.61 Å². The molecule has 6 nitrogen and oxygen atoms in total. The number of carbonyl (C=O) groups excluding carboxylic acids is 1. The Balaban J connectivity index is 1.36. The van der Waals surface area contributed by atoms with Gasteiger partial charge in [-0.3, -0.25) is 9.79 Å². The van der Waals surface area contributed by atoms with Gasteiger partial charge < -0.3 is 20.7 Å². The highest BCUT2D eigenvalue weighted by molar-refractivity contribution is 5.94. The molecule has 3 rings (SSSR count). The summed E-state index contributed by atoms with van der Waals surface area (Å²) in [4.78, 5) is 16.2. The maximum Gasteiger partial charge on any atom is 0.225 e. The van der Waals surface area contributed by atoms with E-state index in [4.69, 9.17) is 4.74 Å². The van der Waals surface area contributed by atoms with E-state index in [1.807, 2.05) is 18.2 Å². The zero-order valence-electron chi connectivity index (χ0n) is 16.6. The van der Waals surface area contributed by atoms with Crippen molar-refractivity contribution >= 4 is 17.6 Å². The predicted octanol–water partition coefficient (Wildman–Crippen LogP) is 3.28. The van der Waals surface area contributed by atoms with Crippen LogP contribution in [0.5, 0.6) is 5.75 Å². The fourth-order valence-electron chi connectivity index (χ4n) is 3.28. The van der Waals surface area contributed by atoms with Crippen LogP contribution in [0.25, 0.3) is 0 Å². The molecule has 0 radical (unpaired) electrons. The molecule has 1 heterocycles. The van der Waals surface area contributed by atoms with E-state index in [0.29, 0.717) is 31.3 Å². The smallest absolute Gasteiger partial charge is 0.225 e. The number of rotatable bonds is 8. The van der Waals surface area contributed by atoms with E-state index in [1.54, 1.807) is 19.2 Å². The fourth-order valence-corrected chi connectivity index (χ4v) is 3.28. The van der Waals surface area contributed by atoms with Gasteiger partial charge in [0.2, 0.25) is 5.91 Å². The minimum atomic E-state index is -0.266. The largest absolute Gasteiger partial charge is 0.494 e. The Bertz CT molecular complexity index is 839. The quantitative estimate of drug-likeness (QED) is 0.362. The summed E-state index contributed by atoms with van der Waals surface area (Å²) < 4.78 is 18.4. The Morgan fingerprint density at radius 3 is 2.76 bits per heavy atom. The van der Waals surface area contributed by atoms with Gasteiger partial charge in [-0.2, -0.15) is 0 Å². The number of hydrogen-bond acceptors (Lipinski definition) is 3. The van der Waals surface area contributed by atoms with Crippen molar-refractivity contribution < 1.29 is 13.9 Å². The highest BCUT2D eigenvalue weighted by Crippen LogP contribution is 2.31. The Kier molecular flexibility index (Phi) is 7.44. The average molecular weight is 398 g/mol. The lowest BCUT2D eigenvalue weighted by Gasteiger charge is -2.26. The van der Waals surface area contributed by atoms with E-state index in [2.05, 4.69) is 27.0 Å². The molecule has 1 amide bonds. The third kappa shape index (κ3) is 6.20. The highest BCUT2D eigenvalue weighted by Gasteiger charge is 2.24. The Morgan fingerprint density at radius 1 is 1.17 bits per heavy atom. The number of nitrogens with zero attached hydrogens (tertiary/aromatic N) is 1. The van der Waals surface area contributed by atoms with Crippen LogP contribution in [0.15, 0.2) is 53.5 Å². The molecule has 1 aliphatic rings. The predicted molar refractivity (Wildman–Crippen MR) is 113 cm³/mol. The van der Waals surface area contributed by atoms with Gasteiger partial charge in [-0.1, -0.05) is 18.2 Å². The lowest BCUT2D eigenvalue weighted by Crippen LogP contribution is -2.41. The zero-order valence-corrected chi connectivity index (χ0v) is 16.6. The summed E-state index contributed by atoms with van der Waals surface area (Å²) >= 11 is 0. The lowest BCUT2D eigenvalue weighted by atomic mass is 9.90. The first kappa shape index (κ1) is 20.6. The van der Waals surface area contributed by atoms with Crippen LogP contribution in [0.2, 0.25) is 0 Å². The lowest BCUT2D eigenvalue weighted by molar-refractivity contribution is -0.116. The molecular weight excluding hydrogens is 371 g/mol. The van der Waals surface area contributed by atoms with Crippen molar-refractivity contribution in [2.24, 2.45) is 4.99 Å². The van der Waals surface area contributed by atoms with Gasteiger partial charge in [0.25, 0.3) is 0 Å². The summed E-state index contributed by atoms with van der Waals surface area (Å²) in [6.07, 6.45) is 2.25. The molecule has 3 N–H and O–H groups in total. The number of carbonyl (C=O) groups is 1. The molecule has 7 heteroatoms. The Labute approximate surface area is 170 Å². The number of ether oxygens (including phenoxy) is 1. The van der Waals surface area contributed by atoms with E-state index < -0.39 is 0 Å². The summed E-state index contributed by atoms with van der Waals surface area (Å²) in [6, 6.07) is 13.9. The van der Waals surface area contributed by atoms with E-state index >= 15 is 0 Å². The molecule has 2 aromatic rings. The van der Waals surface area contributed by atoms with Gasteiger partial charge in [-0.15, -0.1) is 0 Å². The van der Waals surface area contributed by atoms with Crippen LogP contribution >= 0.6 is 0 Å². The molecule has 0 bridgehead atoms. The second-order valence-corrected chi connectivity index (χ2v) is 6.93. The molecule has 1 aliphatic heterocycles. The maximum atomic E-state index is 12.9. The molecule has 0 aromatic heterocycles. The van der Waals surface area contributed by atoms with Crippen molar-refractivity contribution in [2.45, 2.75) is 25.2 Å². The summed E-state index contributed by atoms with van der Waals surface area (Å²) in [5.41, 5.74) is 2.03. The summed E-state index contributed by atoms with van der Waals surface area (Å²) in [6.45, 7) is 1.97. The van der Waals surface area contributed by atoms with Crippen LogP contribution in [-0.4, -0.2) is 38.6 Å². The number of guanidine groups is 1. The molecule has 1 atom stereocenters. The minimum absolute atomic E-state index is 0.0413. The molecule has 0 fully saturated rings. The number of anilines is 1. The van der Waals surface area contributed by atoms with Crippen LogP contribution < -0.4 is 20.7 Å². The SMILES string of the molecule is CN=C(NCCCCOc1ccc(F)cc1)NCC1CC(=O)Nc2ccccc21. The molecule has 154 valence electrons. The van der Waals surface area contributed by atoms with E-state index in [0.717, 1.165) is 30.6 Å². The third-order valence-corrected chi connectivity index (χ3v) is 4.79. The molecule has 0 aliphatic carbocycles. The topological polar surface area (TPSA) is 74.8 Å². The number of amides is 1. The fraction of sp³-hybridized carbons (Fsp3) is 0.364. The Morgan fingerprint density at radius 2 is 1.97 bits per heavy atom. The number of fused-ring (bicyclic) bond motifs is 1. The van der Waals surface area contributed by atoms with Crippen molar-refractivity contribution in [2.75, 3.05) is 32.1 Å². The van der Waals surface area contributed by atoms with Crippen LogP contribution in [0, 0.1) is 5.82 Å². The van der Waals surface area contributed by atoms with E-state index in [1.165, 1.54) is 12.1 Å². The number of hydrogen-bond donors (Lipinski definition) is 3. The molecule has 2 aromatic carbocycles. The summed E-state index contributed by atoms with van der Waals surface area (Å²) in [7, 11) is 1.73. The third-order valence-electron chi connectivity index (χ3n) is 4.79. The first-order valence-electron chi connectivity index (χ1n) is 9.87. The van der Waals surface area contributed by atoms with Gasteiger partial charge in [-0.25, -0.2) is 4.39 Å². The van der Waals surface area contributed by atoms with Crippen LogP contribution in [0.4, 0.5) is 10.1 Å². The Hall–Kier alpha value is -3.09. The molecule has 0 spiro atoms. The highest BCUT2D eigenvalue weighted by atomic mass is 19.1. The first-order valence-corrected chi connectivity index (χ1v) is 9.87. The summed E-state index contributed by atoms with van der Waals surface area (Å²) in [5, 5.41) is 9.52. The van der Waals surface area contributed by atoms with Gasteiger partial charge in [0.15, 0.2) is 5.96 Å². The standard InChI is InChI=1S/C22H27FN4O2/c1-24-22(25-12-4-5-13-29-18-10-8-17(23)9-11-18)26-15-16-14-21(28)27-20-7-3-2-6-19(16)20/h2-3,6-11,16H,4-5,12-15H2,1H3,(H,27,28)(H2,24,25,26). The van der Waals surface area contributed by atoms with Crippen LogP contribution in [0.3, 0.4) is 0 Å². The molecule has 1 unspecified atom stereocenters. The number of nitrogens with one attached hydrogen (secondary N) is 3. The van der Waals surface area contributed by atoms with Gasteiger partial charge in [-0.05, 0) is 48.7 Å². The normalized spacial score (nSPS) is 16.0. The number of benzene rings is 2. The zero-order chi connectivity index (χ0) is 20.5. The number of halogens is 1. The second kappa shape index (κ2) is 10.5. The van der Waals surface area contributed by atoms with Gasteiger partial charge >= 0.3 is 0 Å². The average Bonchev–Trinajstić information content (AvgIpc) is 2.73. The van der Waals surface area contributed by atoms with E-state index in [9.17, 15) is 9.18 Å².